The van der Waals surface area contributed by atoms with E-state index in [0.717, 1.165) is 35.8 Å². The number of unbranched alkanes of at least 4 members (excludes halogenated alkanes) is 1. The van der Waals surface area contributed by atoms with Crippen molar-refractivity contribution < 1.29 is 23.8 Å². The van der Waals surface area contributed by atoms with Gasteiger partial charge in [-0.3, -0.25) is 0 Å². The van der Waals surface area contributed by atoms with Crippen LogP contribution in [0.4, 0.5) is 0 Å². The molecule has 2 rings (SSSR count). The van der Waals surface area contributed by atoms with E-state index in [0.29, 0.717) is 25.2 Å². The summed E-state index contributed by atoms with van der Waals surface area (Å²) in [7, 11) is 1.38. The lowest BCUT2D eigenvalue weighted by Gasteiger charge is -2.08. The fourth-order valence-electron chi connectivity index (χ4n) is 2.30. The molecule has 0 aromatic heterocycles. The Labute approximate surface area is 135 Å². The van der Waals surface area contributed by atoms with Crippen LogP contribution in [0.25, 0.3) is 6.08 Å². The second-order valence-electron chi connectivity index (χ2n) is 5.13. The first-order valence-corrected chi connectivity index (χ1v) is 7.48. The van der Waals surface area contributed by atoms with Gasteiger partial charge in [0.1, 0.15) is 5.75 Å². The standard InChI is InChI=1S/C18H20O5/c1-3-17(19)23-9-5-4-8-22-16-7-6-13-10-15(18(20)21-2)11-14(13)12-16/h3,6-7,10,12H,1,4-5,8-9,11H2,2H3. The third-order valence-corrected chi connectivity index (χ3v) is 3.49. The number of carbonyl (C=O) groups excluding carboxylic acids is 2. The predicted molar refractivity (Wildman–Crippen MR) is 86.0 cm³/mol. The molecule has 0 saturated carbocycles. The zero-order valence-corrected chi connectivity index (χ0v) is 13.2. The monoisotopic (exact) mass is 316 g/mol. The van der Waals surface area contributed by atoms with Crippen LogP contribution in [-0.2, 0) is 25.5 Å². The molecule has 5 heteroatoms. The summed E-state index contributed by atoms with van der Waals surface area (Å²) in [5, 5.41) is 0. The Morgan fingerprint density at radius 1 is 1.26 bits per heavy atom. The number of methoxy groups -OCH3 is 1. The normalized spacial score (nSPS) is 12.1. The van der Waals surface area contributed by atoms with Gasteiger partial charge in [0.15, 0.2) is 0 Å². The number of carbonyl (C=O) groups is 2. The van der Waals surface area contributed by atoms with E-state index in [4.69, 9.17) is 14.2 Å². The Kier molecular flexibility index (Phi) is 5.97. The Hall–Kier alpha value is -2.56. The summed E-state index contributed by atoms with van der Waals surface area (Å²) in [5.74, 6) is 0.0718. The van der Waals surface area contributed by atoms with Crippen LogP contribution in [0, 0.1) is 0 Å². The van der Waals surface area contributed by atoms with Crippen molar-refractivity contribution in [3.63, 3.8) is 0 Å². The van der Waals surface area contributed by atoms with Gasteiger partial charge < -0.3 is 14.2 Å². The molecular formula is C18H20O5. The minimum absolute atomic E-state index is 0.294. The average molecular weight is 316 g/mol. The van der Waals surface area contributed by atoms with Crippen molar-refractivity contribution in [3.05, 3.63) is 47.6 Å². The summed E-state index contributed by atoms with van der Waals surface area (Å²) in [6, 6.07) is 5.76. The molecule has 0 spiro atoms. The molecule has 0 saturated heterocycles. The molecule has 1 aromatic rings. The van der Waals surface area contributed by atoms with Crippen molar-refractivity contribution in [2.24, 2.45) is 0 Å². The van der Waals surface area contributed by atoms with Crippen LogP contribution in [0.5, 0.6) is 5.75 Å². The number of rotatable bonds is 8. The highest BCUT2D eigenvalue weighted by atomic mass is 16.5. The summed E-state index contributed by atoms with van der Waals surface area (Å²) < 4.78 is 15.3. The summed E-state index contributed by atoms with van der Waals surface area (Å²) >= 11 is 0. The highest BCUT2D eigenvalue weighted by Gasteiger charge is 2.19. The minimum atomic E-state index is -0.404. The maximum absolute atomic E-state index is 11.5. The molecule has 1 aliphatic carbocycles. The van der Waals surface area contributed by atoms with Crippen molar-refractivity contribution in [3.8, 4) is 5.75 Å². The largest absolute Gasteiger partial charge is 0.494 e. The molecular weight excluding hydrogens is 296 g/mol. The molecule has 23 heavy (non-hydrogen) atoms. The summed E-state index contributed by atoms with van der Waals surface area (Å²) in [6.07, 6.45) is 5.08. The highest BCUT2D eigenvalue weighted by Crippen LogP contribution is 2.29. The zero-order valence-electron chi connectivity index (χ0n) is 13.2. The van der Waals surface area contributed by atoms with Gasteiger partial charge in [-0.15, -0.1) is 0 Å². The zero-order chi connectivity index (χ0) is 16.7. The molecule has 0 bridgehead atoms. The molecule has 5 nitrogen and oxygen atoms in total. The molecule has 0 atom stereocenters. The van der Waals surface area contributed by atoms with Gasteiger partial charge >= 0.3 is 11.9 Å². The lowest BCUT2D eigenvalue weighted by Crippen LogP contribution is -2.05. The number of hydrogen-bond donors (Lipinski definition) is 0. The van der Waals surface area contributed by atoms with Gasteiger partial charge in [0.2, 0.25) is 0 Å². The Bertz CT molecular complexity index is 630. The van der Waals surface area contributed by atoms with Gasteiger partial charge in [-0.2, -0.15) is 0 Å². The number of ether oxygens (including phenoxy) is 3. The molecule has 0 aliphatic heterocycles. The first kappa shape index (κ1) is 16.8. The summed E-state index contributed by atoms with van der Waals surface area (Å²) in [5.41, 5.74) is 2.74. The molecule has 0 unspecified atom stereocenters. The Balaban J connectivity index is 1.75. The third kappa shape index (κ3) is 4.71. The maximum atomic E-state index is 11.5. The van der Waals surface area contributed by atoms with E-state index in [9.17, 15) is 9.59 Å². The molecule has 0 fully saturated rings. The Morgan fingerprint density at radius 2 is 2.04 bits per heavy atom. The fraction of sp³-hybridized carbons (Fsp3) is 0.333. The number of hydrogen-bond acceptors (Lipinski definition) is 5. The maximum Gasteiger partial charge on any atom is 0.334 e. The van der Waals surface area contributed by atoms with E-state index < -0.39 is 5.97 Å². The van der Waals surface area contributed by atoms with Gasteiger partial charge in [0.25, 0.3) is 0 Å². The van der Waals surface area contributed by atoms with Crippen LogP contribution in [0.1, 0.15) is 24.0 Å². The lowest BCUT2D eigenvalue weighted by atomic mass is 10.1. The van der Waals surface area contributed by atoms with Gasteiger partial charge in [-0.1, -0.05) is 12.6 Å². The summed E-state index contributed by atoms with van der Waals surface area (Å²) in [6.45, 7) is 4.24. The van der Waals surface area contributed by atoms with Gasteiger partial charge in [-0.05, 0) is 42.2 Å². The number of benzene rings is 1. The summed E-state index contributed by atoms with van der Waals surface area (Å²) in [4.78, 5) is 22.4. The third-order valence-electron chi connectivity index (χ3n) is 3.49. The van der Waals surface area contributed by atoms with Crippen LogP contribution < -0.4 is 4.74 Å². The lowest BCUT2D eigenvalue weighted by molar-refractivity contribution is -0.138. The molecule has 0 heterocycles. The van der Waals surface area contributed by atoms with E-state index in [2.05, 4.69) is 6.58 Å². The molecule has 0 N–H and O–H groups in total. The van der Waals surface area contributed by atoms with E-state index in [1.807, 2.05) is 24.3 Å². The molecule has 0 radical (unpaired) electrons. The van der Waals surface area contributed by atoms with Crippen molar-refractivity contribution >= 4 is 18.0 Å². The second-order valence-corrected chi connectivity index (χ2v) is 5.13. The number of fused-ring (bicyclic) bond motifs is 1. The van der Waals surface area contributed by atoms with E-state index in [-0.39, 0.29) is 5.97 Å². The van der Waals surface area contributed by atoms with Crippen LogP contribution in [0.3, 0.4) is 0 Å². The molecule has 1 aromatic carbocycles. The highest BCUT2D eigenvalue weighted by molar-refractivity contribution is 5.96. The first-order valence-electron chi connectivity index (χ1n) is 7.48. The van der Waals surface area contributed by atoms with Crippen molar-refractivity contribution in [1.82, 2.24) is 0 Å². The van der Waals surface area contributed by atoms with Crippen molar-refractivity contribution in [1.29, 1.82) is 0 Å². The predicted octanol–water partition coefficient (Wildman–Crippen LogP) is 2.69. The second kappa shape index (κ2) is 8.17. The van der Waals surface area contributed by atoms with E-state index in [1.54, 1.807) is 0 Å². The minimum Gasteiger partial charge on any atom is -0.494 e. The van der Waals surface area contributed by atoms with Crippen molar-refractivity contribution in [2.45, 2.75) is 19.3 Å². The van der Waals surface area contributed by atoms with E-state index in [1.165, 1.54) is 7.11 Å². The van der Waals surface area contributed by atoms with Crippen LogP contribution in [0.2, 0.25) is 0 Å². The SMILES string of the molecule is C=CC(=O)OCCCCOc1ccc2c(c1)CC(C(=O)OC)=C2. The Morgan fingerprint density at radius 3 is 2.78 bits per heavy atom. The molecule has 1 aliphatic rings. The van der Waals surface area contributed by atoms with Gasteiger partial charge in [0, 0.05) is 18.1 Å². The average Bonchev–Trinajstić information content (AvgIpc) is 3.00. The van der Waals surface area contributed by atoms with Crippen LogP contribution in [0.15, 0.2) is 36.4 Å². The fourth-order valence-corrected chi connectivity index (χ4v) is 2.30. The van der Waals surface area contributed by atoms with Gasteiger partial charge in [0.05, 0.1) is 20.3 Å². The van der Waals surface area contributed by atoms with Crippen molar-refractivity contribution in [2.75, 3.05) is 20.3 Å². The molecule has 122 valence electrons. The first-order chi connectivity index (χ1) is 11.1. The topological polar surface area (TPSA) is 61.8 Å². The van der Waals surface area contributed by atoms with Gasteiger partial charge in [-0.25, -0.2) is 9.59 Å². The number of esters is 2. The van der Waals surface area contributed by atoms with Crippen LogP contribution in [-0.4, -0.2) is 32.3 Å². The van der Waals surface area contributed by atoms with Crippen LogP contribution >= 0.6 is 0 Å². The van der Waals surface area contributed by atoms with E-state index >= 15 is 0 Å². The molecule has 0 amide bonds. The smallest absolute Gasteiger partial charge is 0.334 e. The quantitative estimate of drug-likeness (QED) is 0.419.